The molecule has 0 radical (unpaired) electrons. The van der Waals surface area contributed by atoms with E-state index in [0.29, 0.717) is 33.0 Å². The molecule has 0 aliphatic carbocycles. The number of esters is 1. The van der Waals surface area contributed by atoms with Crippen molar-refractivity contribution >= 4 is 50.1 Å². The van der Waals surface area contributed by atoms with Crippen LogP contribution in [0.15, 0.2) is 110 Å². The highest BCUT2D eigenvalue weighted by Gasteiger charge is 2.33. The van der Waals surface area contributed by atoms with Gasteiger partial charge in [-0.2, -0.15) is 0 Å². The average molecular weight is 658 g/mol. The Kier molecular flexibility index (Phi) is 8.10. The fourth-order valence-corrected chi connectivity index (χ4v) is 6.47. The first-order valence-electron chi connectivity index (χ1n) is 13.7. The van der Waals surface area contributed by atoms with E-state index in [1.165, 1.54) is 28.0 Å². The summed E-state index contributed by atoms with van der Waals surface area (Å²) >= 11 is 4.69. The zero-order valence-corrected chi connectivity index (χ0v) is 25.7. The van der Waals surface area contributed by atoms with Crippen LogP contribution in [0.2, 0.25) is 0 Å². The van der Waals surface area contributed by atoms with Crippen LogP contribution in [0.5, 0.6) is 5.75 Å². The predicted octanol–water partition coefficient (Wildman–Crippen LogP) is 6.43. The zero-order chi connectivity index (χ0) is 30.1. The van der Waals surface area contributed by atoms with Gasteiger partial charge in [-0.3, -0.25) is 9.36 Å². The molecule has 1 atom stereocenters. The maximum atomic E-state index is 14.1. The molecule has 9 heteroatoms. The van der Waals surface area contributed by atoms with Crippen molar-refractivity contribution in [1.29, 1.82) is 0 Å². The van der Waals surface area contributed by atoms with Crippen LogP contribution < -0.4 is 19.6 Å². The zero-order valence-electron chi connectivity index (χ0n) is 23.3. The summed E-state index contributed by atoms with van der Waals surface area (Å²) < 4.78 is 28.4. The average Bonchev–Trinajstić information content (AvgIpc) is 3.31. The largest absolute Gasteiger partial charge is 0.488 e. The number of ether oxygens (including phenoxy) is 2. The van der Waals surface area contributed by atoms with E-state index < -0.39 is 17.8 Å². The molecule has 0 N–H and O–H groups in total. The molecule has 0 saturated carbocycles. The number of hydrogen-bond donors (Lipinski definition) is 0. The molecule has 4 aromatic carbocycles. The molecular weight excluding hydrogens is 631 g/mol. The summed E-state index contributed by atoms with van der Waals surface area (Å²) in [6.45, 7) is 3.95. The molecule has 1 aliphatic heterocycles. The van der Waals surface area contributed by atoms with E-state index in [9.17, 15) is 14.0 Å². The fourth-order valence-electron chi connectivity index (χ4n) is 5.18. The van der Waals surface area contributed by atoms with Gasteiger partial charge in [-0.1, -0.05) is 81.9 Å². The van der Waals surface area contributed by atoms with Crippen molar-refractivity contribution in [3.8, 4) is 5.75 Å². The third-order valence-corrected chi connectivity index (χ3v) is 8.73. The predicted molar refractivity (Wildman–Crippen MR) is 169 cm³/mol. The molecule has 0 unspecified atom stereocenters. The second-order valence-electron chi connectivity index (χ2n) is 9.97. The molecule has 0 bridgehead atoms. The van der Waals surface area contributed by atoms with E-state index in [2.05, 4.69) is 20.9 Å². The Morgan fingerprint density at radius 1 is 1.05 bits per heavy atom. The number of thiazole rings is 1. The smallest absolute Gasteiger partial charge is 0.338 e. The minimum absolute atomic E-state index is 0.167. The molecule has 1 aliphatic rings. The third-order valence-electron chi connectivity index (χ3n) is 7.22. The number of aromatic nitrogens is 1. The molecule has 0 saturated heterocycles. The van der Waals surface area contributed by atoms with Gasteiger partial charge in [-0.05, 0) is 72.2 Å². The standard InChI is InChI=1S/C34H26BrFN2O4S/c1-3-41-33(40)30-20(2)37-34-38(31(30)23-10-15-25(36)16-11-23)32(39)29(43-34)18-27-26-7-5-4-6-22(26)12-17-28(27)42-19-21-8-13-24(35)14-9-21/h4-18,31H,3,19H2,1-2H3/b29-18-/t31-/m1/s1. The van der Waals surface area contributed by atoms with Gasteiger partial charge in [0.25, 0.3) is 5.56 Å². The van der Waals surface area contributed by atoms with Crippen molar-refractivity contribution in [1.82, 2.24) is 4.57 Å². The Balaban J connectivity index is 1.52. The quantitative estimate of drug-likeness (QED) is 0.189. The van der Waals surface area contributed by atoms with Crippen molar-refractivity contribution in [2.75, 3.05) is 6.61 Å². The highest BCUT2D eigenvalue weighted by Crippen LogP contribution is 2.32. The minimum atomic E-state index is -0.821. The van der Waals surface area contributed by atoms with Crippen LogP contribution in [0.25, 0.3) is 16.8 Å². The molecule has 0 fully saturated rings. The maximum absolute atomic E-state index is 14.1. The maximum Gasteiger partial charge on any atom is 0.338 e. The first kappa shape index (κ1) is 28.8. The lowest BCUT2D eigenvalue weighted by Gasteiger charge is -2.24. The molecule has 43 heavy (non-hydrogen) atoms. The number of halogens is 2. The summed E-state index contributed by atoms with van der Waals surface area (Å²) in [5.41, 5.74) is 2.72. The number of benzene rings is 4. The van der Waals surface area contributed by atoms with Crippen LogP contribution in [-0.2, 0) is 16.1 Å². The Morgan fingerprint density at radius 2 is 1.79 bits per heavy atom. The fraction of sp³-hybridized carbons (Fsp3) is 0.147. The first-order valence-corrected chi connectivity index (χ1v) is 15.3. The van der Waals surface area contributed by atoms with Gasteiger partial charge in [0, 0.05) is 10.0 Å². The van der Waals surface area contributed by atoms with E-state index in [4.69, 9.17) is 9.47 Å². The lowest BCUT2D eigenvalue weighted by molar-refractivity contribution is -0.139. The van der Waals surface area contributed by atoms with Gasteiger partial charge < -0.3 is 9.47 Å². The summed E-state index contributed by atoms with van der Waals surface area (Å²) in [5.74, 6) is -0.350. The third kappa shape index (κ3) is 5.70. The van der Waals surface area contributed by atoms with Gasteiger partial charge in [0.15, 0.2) is 4.80 Å². The molecule has 6 nitrogen and oxygen atoms in total. The number of allylic oxidation sites excluding steroid dienone is 1. The summed E-state index contributed by atoms with van der Waals surface area (Å²) in [6.07, 6.45) is 1.83. The van der Waals surface area contributed by atoms with Crippen LogP contribution in [-0.4, -0.2) is 17.1 Å². The number of nitrogens with zero attached hydrogens (tertiary/aromatic N) is 2. The Labute approximate surface area is 259 Å². The Hall–Kier alpha value is -4.34. The lowest BCUT2D eigenvalue weighted by atomic mass is 9.96. The van der Waals surface area contributed by atoms with E-state index in [1.54, 1.807) is 26.0 Å². The second kappa shape index (κ2) is 12.1. The van der Waals surface area contributed by atoms with Crippen molar-refractivity contribution in [2.45, 2.75) is 26.5 Å². The number of carbonyl (C=O) groups is 1. The molecule has 2 heterocycles. The summed E-state index contributed by atoms with van der Waals surface area (Å²) in [5, 5.41) is 1.93. The molecular formula is C34H26BrFN2O4S. The van der Waals surface area contributed by atoms with Crippen molar-refractivity contribution in [3.05, 3.63) is 143 Å². The van der Waals surface area contributed by atoms with Crippen LogP contribution in [0.4, 0.5) is 4.39 Å². The highest BCUT2D eigenvalue weighted by molar-refractivity contribution is 9.10. The van der Waals surface area contributed by atoms with E-state index >= 15 is 0 Å². The van der Waals surface area contributed by atoms with Gasteiger partial charge in [0.2, 0.25) is 0 Å². The van der Waals surface area contributed by atoms with E-state index in [0.717, 1.165) is 26.4 Å². The van der Waals surface area contributed by atoms with Crippen LogP contribution in [0.3, 0.4) is 0 Å². The molecule has 6 rings (SSSR count). The van der Waals surface area contributed by atoms with E-state index in [1.807, 2.05) is 66.7 Å². The molecule has 0 amide bonds. The number of fused-ring (bicyclic) bond motifs is 2. The van der Waals surface area contributed by atoms with Crippen molar-refractivity contribution in [3.63, 3.8) is 0 Å². The van der Waals surface area contributed by atoms with Gasteiger partial charge in [0.05, 0.1) is 28.5 Å². The van der Waals surface area contributed by atoms with Gasteiger partial charge in [-0.25, -0.2) is 14.2 Å². The van der Waals surface area contributed by atoms with Gasteiger partial charge in [0.1, 0.15) is 18.2 Å². The number of carbonyl (C=O) groups excluding carboxylic acids is 1. The van der Waals surface area contributed by atoms with Crippen molar-refractivity contribution < 1.29 is 18.7 Å². The first-order chi connectivity index (χ1) is 20.8. The topological polar surface area (TPSA) is 69.9 Å². The summed E-state index contributed by atoms with van der Waals surface area (Å²) in [4.78, 5) is 32.4. The van der Waals surface area contributed by atoms with Gasteiger partial charge in [-0.15, -0.1) is 0 Å². The van der Waals surface area contributed by atoms with Crippen molar-refractivity contribution in [2.24, 2.45) is 4.99 Å². The minimum Gasteiger partial charge on any atom is -0.488 e. The monoisotopic (exact) mass is 656 g/mol. The summed E-state index contributed by atoms with van der Waals surface area (Å²) in [7, 11) is 0. The Morgan fingerprint density at radius 3 is 2.53 bits per heavy atom. The normalized spacial score (nSPS) is 14.9. The van der Waals surface area contributed by atoms with Crippen LogP contribution in [0, 0.1) is 5.82 Å². The number of rotatable bonds is 7. The molecule has 0 spiro atoms. The molecule has 1 aromatic heterocycles. The molecule has 5 aromatic rings. The summed E-state index contributed by atoms with van der Waals surface area (Å²) in [6, 6.07) is 24.7. The number of hydrogen-bond acceptors (Lipinski definition) is 6. The van der Waals surface area contributed by atoms with Crippen LogP contribution in [0.1, 0.15) is 36.6 Å². The van der Waals surface area contributed by atoms with E-state index in [-0.39, 0.29) is 17.7 Å². The SMILES string of the molecule is CCOC(=O)C1=C(C)N=c2s/c(=C\c3c(OCc4ccc(Br)cc4)ccc4ccccc34)c(=O)n2[C@@H]1c1ccc(F)cc1. The van der Waals surface area contributed by atoms with Crippen LogP contribution >= 0.6 is 27.3 Å². The molecule has 216 valence electrons. The van der Waals surface area contributed by atoms with Gasteiger partial charge >= 0.3 is 5.97 Å². The lowest BCUT2D eigenvalue weighted by Crippen LogP contribution is -2.39. The Bertz CT molecular complexity index is 2070. The second-order valence-corrected chi connectivity index (χ2v) is 11.9. The highest BCUT2D eigenvalue weighted by atomic mass is 79.9.